The highest BCUT2D eigenvalue weighted by Crippen LogP contribution is 2.31. The van der Waals surface area contributed by atoms with Crippen LogP contribution >= 0.6 is 0 Å². The normalized spacial score (nSPS) is 16.4. The Labute approximate surface area is 148 Å². The molecule has 1 aliphatic rings. The van der Waals surface area contributed by atoms with E-state index in [-0.39, 0.29) is 11.5 Å². The van der Waals surface area contributed by atoms with Crippen LogP contribution in [0.15, 0.2) is 42.5 Å². The van der Waals surface area contributed by atoms with Crippen molar-refractivity contribution in [2.75, 3.05) is 31.3 Å². The predicted molar refractivity (Wildman–Crippen MR) is 99.6 cm³/mol. The minimum Gasteiger partial charge on any atom is -0.309 e. The van der Waals surface area contributed by atoms with Crippen LogP contribution in [0.2, 0.25) is 0 Å². The van der Waals surface area contributed by atoms with Crippen molar-refractivity contribution in [1.29, 1.82) is 0 Å². The molecule has 2 amide bonds. The van der Waals surface area contributed by atoms with E-state index in [1.54, 1.807) is 18.2 Å². The van der Waals surface area contributed by atoms with Gasteiger partial charge in [-0.1, -0.05) is 24.3 Å². The molecule has 1 atom stereocenters. The fourth-order valence-electron chi connectivity index (χ4n) is 3.46. The predicted octanol–water partition coefficient (Wildman–Crippen LogP) is 4.14. The lowest BCUT2D eigenvalue weighted by Gasteiger charge is -2.27. The highest BCUT2D eigenvalue weighted by Gasteiger charge is 2.23. The maximum atomic E-state index is 14.8. The number of para-hydroxylation sites is 1. The summed E-state index contributed by atoms with van der Waals surface area (Å²) in [5.74, 6) is 0.256. The zero-order valence-corrected chi connectivity index (χ0v) is 14.7. The number of hydrogen-bond acceptors (Lipinski definition) is 2. The molecule has 3 rings (SSSR count). The molecule has 0 bridgehead atoms. The van der Waals surface area contributed by atoms with Crippen molar-refractivity contribution in [3.8, 4) is 0 Å². The molecular formula is C20H24FN3O. The van der Waals surface area contributed by atoms with Crippen molar-refractivity contribution in [2.24, 2.45) is 5.92 Å². The average Bonchev–Trinajstić information content (AvgIpc) is 2.58. The van der Waals surface area contributed by atoms with Gasteiger partial charge in [0.05, 0.1) is 5.69 Å². The third-order valence-corrected chi connectivity index (χ3v) is 4.55. The molecule has 0 fully saturated rings. The number of amides is 2. The average molecular weight is 341 g/mol. The van der Waals surface area contributed by atoms with E-state index in [4.69, 9.17) is 0 Å². The Hall–Kier alpha value is -2.40. The maximum Gasteiger partial charge on any atom is 0.323 e. The third kappa shape index (κ3) is 4.37. The second-order valence-corrected chi connectivity index (χ2v) is 6.88. The SMILES string of the molecule is CN(C)CC1CCc2c(ccc(NC(=O)Nc3ccccc3)c2F)C1. The smallest absolute Gasteiger partial charge is 0.309 e. The van der Waals surface area contributed by atoms with Crippen LogP contribution < -0.4 is 10.6 Å². The summed E-state index contributed by atoms with van der Waals surface area (Å²) < 4.78 is 14.8. The molecule has 2 aromatic carbocycles. The minimum absolute atomic E-state index is 0.234. The molecular weight excluding hydrogens is 317 g/mol. The second kappa shape index (κ2) is 7.66. The fraction of sp³-hybridized carbons (Fsp3) is 0.350. The van der Waals surface area contributed by atoms with Crippen LogP contribution in [-0.2, 0) is 12.8 Å². The molecule has 25 heavy (non-hydrogen) atoms. The van der Waals surface area contributed by atoms with Gasteiger partial charge in [-0.15, -0.1) is 0 Å². The summed E-state index contributed by atoms with van der Waals surface area (Å²) in [6, 6.07) is 12.3. The molecule has 4 nitrogen and oxygen atoms in total. The van der Waals surface area contributed by atoms with Gasteiger partial charge in [-0.05, 0) is 68.6 Å². The lowest BCUT2D eigenvalue weighted by Crippen LogP contribution is -2.27. The van der Waals surface area contributed by atoms with Gasteiger partial charge >= 0.3 is 6.03 Å². The zero-order chi connectivity index (χ0) is 17.8. The number of nitrogens with one attached hydrogen (secondary N) is 2. The van der Waals surface area contributed by atoms with Gasteiger partial charge in [-0.2, -0.15) is 0 Å². The first-order valence-corrected chi connectivity index (χ1v) is 8.61. The Morgan fingerprint density at radius 3 is 2.64 bits per heavy atom. The van der Waals surface area contributed by atoms with E-state index in [9.17, 15) is 9.18 Å². The Morgan fingerprint density at radius 2 is 1.92 bits per heavy atom. The van der Waals surface area contributed by atoms with Crippen molar-refractivity contribution >= 4 is 17.4 Å². The van der Waals surface area contributed by atoms with Crippen molar-refractivity contribution in [3.63, 3.8) is 0 Å². The topological polar surface area (TPSA) is 44.4 Å². The fourth-order valence-corrected chi connectivity index (χ4v) is 3.46. The van der Waals surface area contributed by atoms with Gasteiger partial charge in [0.25, 0.3) is 0 Å². The quantitative estimate of drug-likeness (QED) is 0.878. The van der Waals surface area contributed by atoms with Crippen LogP contribution in [0.3, 0.4) is 0 Å². The Bertz CT molecular complexity index is 746. The Balaban J connectivity index is 1.69. The highest BCUT2D eigenvalue weighted by atomic mass is 19.1. The molecule has 2 N–H and O–H groups in total. The number of benzene rings is 2. The Morgan fingerprint density at radius 1 is 1.16 bits per heavy atom. The van der Waals surface area contributed by atoms with E-state index in [2.05, 4.69) is 29.6 Å². The van der Waals surface area contributed by atoms with Crippen LogP contribution in [0.5, 0.6) is 0 Å². The van der Waals surface area contributed by atoms with Gasteiger partial charge < -0.3 is 15.5 Å². The van der Waals surface area contributed by atoms with Crippen LogP contribution in [0, 0.1) is 11.7 Å². The molecule has 1 aliphatic carbocycles. The molecule has 0 spiro atoms. The van der Waals surface area contributed by atoms with Gasteiger partial charge in [0.1, 0.15) is 5.82 Å². The number of carbonyl (C=O) groups is 1. The molecule has 0 saturated carbocycles. The number of anilines is 2. The first-order chi connectivity index (χ1) is 12.0. The largest absolute Gasteiger partial charge is 0.323 e. The molecule has 0 heterocycles. The highest BCUT2D eigenvalue weighted by molar-refractivity contribution is 5.99. The first-order valence-electron chi connectivity index (χ1n) is 8.61. The summed E-state index contributed by atoms with van der Waals surface area (Å²) in [5.41, 5.74) is 2.71. The van der Waals surface area contributed by atoms with E-state index >= 15 is 0 Å². The lowest BCUT2D eigenvalue weighted by atomic mass is 9.83. The van der Waals surface area contributed by atoms with Gasteiger partial charge in [0.15, 0.2) is 0 Å². The summed E-state index contributed by atoms with van der Waals surface area (Å²) in [4.78, 5) is 14.3. The number of fused-ring (bicyclic) bond motifs is 1. The third-order valence-electron chi connectivity index (χ3n) is 4.55. The lowest BCUT2D eigenvalue weighted by molar-refractivity contribution is 0.262. The van der Waals surface area contributed by atoms with Crippen molar-refractivity contribution in [2.45, 2.75) is 19.3 Å². The van der Waals surface area contributed by atoms with Crippen LogP contribution in [0.4, 0.5) is 20.6 Å². The number of rotatable bonds is 4. The van der Waals surface area contributed by atoms with Gasteiger partial charge in [0, 0.05) is 12.2 Å². The van der Waals surface area contributed by atoms with E-state index < -0.39 is 6.03 Å². The standard InChI is InChI=1S/C20H24FN3O/c1-24(2)13-14-8-10-17-15(12-14)9-11-18(19(17)21)23-20(25)22-16-6-4-3-5-7-16/h3-7,9,11,14H,8,10,12-13H2,1-2H3,(H2,22,23,25). The van der Waals surface area contributed by atoms with Crippen LogP contribution in [0.1, 0.15) is 17.5 Å². The van der Waals surface area contributed by atoms with Crippen LogP contribution in [0.25, 0.3) is 0 Å². The minimum atomic E-state index is -0.439. The van der Waals surface area contributed by atoms with Gasteiger partial charge in [0.2, 0.25) is 0 Å². The van der Waals surface area contributed by atoms with Crippen molar-refractivity contribution in [1.82, 2.24) is 4.90 Å². The van der Waals surface area contributed by atoms with Crippen molar-refractivity contribution < 1.29 is 9.18 Å². The monoisotopic (exact) mass is 341 g/mol. The molecule has 132 valence electrons. The van der Waals surface area contributed by atoms with E-state index in [1.165, 1.54) is 0 Å². The summed E-state index contributed by atoms with van der Waals surface area (Å²) in [7, 11) is 4.13. The molecule has 0 aromatic heterocycles. The summed E-state index contributed by atoms with van der Waals surface area (Å²) >= 11 is 0. The number of halogens is 1. The second-order valence-electron chi connectivity index (χ2n) is 6.88. The summed E-state index contributed by atoms with van der Waals surface area (Å²) in [6.45, 7) is 1.01. The molecule has 0 saturated heterocycles. The van der Waals surface area contributed by atoms with Gasteiger partial charge in [-0.25, -0.2) is 9.18 Å². The molecule has 5 heteroatoms. The van der Waals surface area contributed by atoms with Gasteiger partial charge in [-0.3, -0.25) is 0 Å². The Kier molecular flexibility index (Phi) is 5.34. The van der Waals surface area contributed by atoms with E-state index in [1.807, 2.05) is 24.3 Å². The number of urea groups is 1. The molecule has 2 aromatic rings. The number of hydrogen-bond donors (Lipinski definition) is 2. The maximum absolute atomic E-state index is 14.8. The van der Waals surface area contributed by atoms with Crippen molar-refractivity contribution in [3.05, 3.63) is 59.4 Å². The first kappa shape index (κ1) is 17.4. The number of nitrogens with zero attached hydrogens (tertiary/aromatic N) is 1. The van der Waals surface area contributed by atoms with E-state index in [0.717, 1.165) is 36.9 Å². The molecule has 1 unspecified atom stereocenters. The van der Waals surface area contributed by atoms with Crippen LogP contribution in [-0.4, -0.2) is 31.6 Å². The summed E-state index contributed by atoms with van der Waals surface area (Å²) in [5, 5.41) is 5.32. The zero-order valence-electron chi connectivity index (χ0n) is 14.7. The molecule has 0 aliphatic heterocycles. The number of carbonyl (C=O) groups excluding carboxylic acids is 1. The van der Waals surface area contributed by atoms with E-state index in [0.29, 0.717) is 11.6 Å². The summed E-state index contributed by atoms with van der Waals surface area (Å²) in [6.07, 6.45) is 2.58. The molecule has 0 radical (unpaired) electrons.